The summed E-state index contributed by atoms with van der Waals surface area (Å²) in [4.78, 5) is 11.1. The van der Waals surface area contributed by atoms with Gasteiger partial charge in [0, 0.05) is 0 Å². The van der Waals surface area contributed by atoms with E-state index in [2.05, 4.69) is 26.8 Å². The molecule has 1 saturated carbocycles. The summed E-state index contributed by atoms with van der Waals surface area (Å²) in [5, 5.41) is 0. The molecule has 0 heterocycles. The highest BCUT2D eigenvalue weighted by Gasteiger charge is 2.30. The van der Waals surface area contributed by atoms with Gasteiger partial charge in [0.15, 0.2) is 0 Å². The number of rotatable bonds is 3. The van der Waals surface area contributed by atoms with E-state index >= 15 is 0 Å². The molecule has 0 unspecified atom stereocenters. The second-order valence-corrected chi connectivity index (χ2v) is 4.67. The first kappa shape index (κ1) is 10.3. The molecular weight excluding hydrogens is 164 g/mol. The highest BCUT2D eigenvalue weighted by molar-refractivity contribution is 5.74. The maximum Gasteiger partial charge on any atom is 0.309 e. The highest BCUT2D eigenvalue weighted by Crippen LogP contribution is 2.29. The quantitative estimate of drug-likeness (QED) is 0.495. The molecule has 0 aromatic carbocycles. The Morgan fingerprint density at radius 3 is 2.54 bits per heavy atom. The van der Waals surface area contributed by atoms with Gasteiger partial charge in [0.1, 0.15) is 6.61 Å². The Bertz CT molecular complexity index is 207. The molecule has 0 amide bonds. The van der Waals surface area contributed by atoms with E-state index in [0.29, 0.717) is 6.61 Å². The Morgan fingerprint density at radius 1 is 1.46 bits per heavy atom. The van der Waals surface area contributed by atoms with Crippen LogP contribution in [0.5, 0.6) is 0 Å². The molecule has 74 valence electrons. The van der Waals surface area contributed by atoms with Crippen molar-refractivity contribution >= 4 is 5.97 Å². The van der Waals surface area contributed by atoms with Crippen molar-refractivity contribution in [1.82, 2.24) is 0 Å². The molecule has 0 saturated heterocycles. The number of hydrogen-bond acceptors (Lipinski definition) is 2. The maximum atomic E-state index is 11.1. The van der Waals surface area contributed by atoms with Gasteiger partial charge in [0.25, 0.3) is 0 Å². The molecule has 0 N–H and O–H groups in total. The predicted octanol–water partition coefficient (Wildman–Crippen LogP) is 2.54. The van der Waals surface area contributed by atoms with Crippen LogP contribution < -0.4 is 0 Å². The molecule has 1 aliphatic rings. The van der Waals surface area contributed by atoms with Crippen molar-refractivity contribution in [2.45, 2.75) is 33.6 Å². The van der Waals surface area contributed by atoms with Gasteiger partial charge in [-0.2, -0.15) is 0 Å². The molecule has 1 aliphatic carbocycles. The molecule has 1 rings (SSSR count). The Balaban J connectivity index is 2.12. The first-order valence-electron chi connectivity index (χ1n) is 4.83. The predicted molar refractivity (Wildman–Crippen MR) is 52.3 cm³/mol. The summed E-state index contributed by atoms with van der Waals surface area (Å²) in [5.74, 6) is 0.182. The lowest BCUT2D eigenvalue weighted by molar-refractivity contribution is -0.143. The zero-order chi connectivity index (χ0) is 9.90. The second-order valence-electron chi connectivity index (χ2n) is 4.67. The summed E-state index contributed by atoms with van der Waals surface area (Å²) < 4.78 is 5.04. The average Bonchev–Trinajstić information content (AvgIpc) is 2.77. The third-order valence-electron chi connectivity index (χ3n) is 1.85. The van der Waals surface area contributed by atoms with Crippen LogP contribution in [-0.2, 0) is 9.53 Å². The maximum absolute atomic E-state index is 11.1. The number of esters is 1. The Labute approximate surface area is 80.0 Å². The van der Waals surface area contributed by atoms with Crippen molar-refractivity contribution in [3.05, 3.63) is 12.2 Å². The van der Waals surface area contributed by atoms with Crippen LogP contribution in [0.4, 0.5) is 0 Å². The van der Waals surface area contributed by atoms with Gasteiger partial charge in [0.2, 0.25) is 0 Å². The minimum atomic E-state index is -0.0291. The van der Waals surface area contributed by atoms with Crippen LogP contribution in [-0.4, -0.2) is 12.6 Å². The Kier molecular flexibility index (Phi) is 3.12. The van der Waals surface area contributed by atoms with E-state index < -0.39 is 0 Å². The lowest BCUT2D eigenvalue weighted by Crippen LogP contribution is -2.07. The van der Waals surface area contributed by atoms with Gasteiger partial charge in [0.05, 0.1) is 5.92 Å². The first-order valence-corrected chi connectivity index (χ1v) is 4.83. The average molecular weight is 182 g/mol. The van der Waals surface area contributed by atoms with E-state index in [-0.39, 0.29) is 17.3 Å². The molecule has 0 aliphatic heterocycles. The zero-order valence-electron chi connectivity index (χ0n) is 8.67. The van der Waals surface area contributed by atoms with E-state index in [4.69, 9.17) is 4.74 Å². The second kappa shape index (κ2) is 3.95. The molecule has 1 fully saturated rings. The first-order chi connectivity index (χ1) is 5.99. The molecular formula is C11H18O2. The van der Waals surface area contributed by atoms with Crippen LogP contribution in [0, 0.1) is 11.3 Å². The smallest absolute Gasteiger partial charge is 0.309 e. The molecule has 2 heteroatoms. The van der Waals surface area contributed by atoms with Crippen LogP contribution >= 0.6 is 0 Å². The van der Waals surface area contributed by atoms with Gasteiger partial charge >= 0.3 is 5.97 Å². The van der Waals surface area contributed by atoms with Crippen LogP contribution in [0.25, 0.3) is 0 Å². The van der Waals surface area contributed by atoms with E-state index in [1.807, 2.05) is 6.08 Å². The molecule has 2 nitrogen and oxygen atoms in total. The Hall–Kier alpha value is -0.790. The summed E-state index contributed by atoms with van der Waals surface area (Å²) in [7, 11) is 0. The summed E-state index contributed by atoms with van der Waals surface area (Å²) in [6, 6.07) is 0. The molecule has 0 spiro atoms. The fourth-order valence-corrected chi connectivity index (χ4v) is 0.969. The van der Waals surface area contributed by atoms with Crippen molar-refractivity contribution in [3.8, 4) is 0 Å². The van der Waals surface area contributed by atoms with E-state index in [9.17, 15) is 4.79 Å². The molecule has 0 aromatic rings. The SMILES string of the molecule is CC(C)(C)/C=C/COC(=O)C1CC1. The van der Waals surface area contributed by atoms with Crippen LogP contribution in [0.3, 0.4) is 0 Å². The van der Waals surface area contributed by atoms with E-state index in [1.165, 1.54) is 0 Å². The topological polar surface area (TPSA) is 26.3 Å². The minimum Gasteiger partial charge on any atom is -0.461 e. The molecule has 0 atom stereocenters. The third-order valence-corrected chi connectivity index (χ3v) is 1.85. The van der Waals surface area contributed by atoms with Gasteiger partial charge in [-0.15, -0.1) is 0 Å². The number of allylic oxidation sites excluding steroid dienone is 1. The third kappa shape index (κ3) is 4.71. The lowest BCUT2D eigenvalue weighted by atomic mass is 9.96. The van der Waals surface area contributed by atoms with Crippen molar-refractivity contribution in [1.29, 1.82) is 0 Å². The molecule has 0 bridgehead atoms. The van der Waals surface area contributed by atoms with Crippen molar-refractivity contribution in [3.63, 3.8) is 0 Å². The number of carbonyl (C=O) groups excluding carboxylic acids is 1. The summed E-state index contributed by atoms with van der Waals surface area (Å²) >= 11 is 0. The molecule has 0 aromatic heterocycles. The summed E-state index contributed by atoms with van der Waals surface area (Å²) in [5.41, 5.74) is 0.173. The van der Waals surface area contributed by atoms with Gasteiger partial charge < -0.3 is 4.74 Å². The molecule has 13 heavy (non-hydrogen) atoms. The number of ether oxygens (including phenoxy) is 1. The van der Waals surface area contributed by atoms with E-state index in [1.54, 1.807) is 0 Å². The monoisotopic (exact) mass is 182 g/mol. The van der Waals surface area contributed by atoms with Gasteiger partial charge in [-0.25, -0.2) is 0 Å². The zero-order valence-corrected chi connectivity index (χ0v) is 8.67. The lowest BCUT2D eigenvalue weighted by Gasteiger charge is -2.10. The summed E-state index contributed by atoms with van der Waals surface area (Å²) in [6.07, 6.45) is 6.01. The van der Waals surface area contributed by atoms with Crippen molar-refractivity contribution in [2.75, 3.05) is 6.61 Å². The fourth-order valence-electron chi connectivity index (χ4n) is 0.969. The van der Waals surface area contributed by atoms with Gasteiger partial charge in [-0.1, -0.05) is 32.9 Å². The normalized spacial score (nSPS) is 17.8. The minimum absolute atomic E-state index is 0.0291. The fraction of sp³-hybridized carbons (Fsp3) is 0.727. The standard InChI is InChI=1S/C11H18O2/c1-11(2,3)7-4-8-13-10(12)9-5-6-9/h4,7,9H,5-6,8H2,1-3H3/b7-4+. The highest BCUT2D eigenvalue weighted by atomic mass is 16.5. The Morgan fingerprint density at radius 2 is 2.08 bits per heavy atom. The molecule has 0 radical (unpaired) electrons. The number of carbonyl (C=O) groups is 1. The van der Waals surface area contributed by atoms with Crippen molar-refractivity contribution in [2.24, 2.45) is 11.3 Å². The van der Waals surface area contributed by atoms with Crippen LogP contribution in [0.2, 0.25) is 0 Å². The van der Waals surface area contributed by atoms with Gasteiger partial charge in [-0.3, -0.25) is 4.79 Å². The van der Waals surface area contributed by atoms with Crippen LogP contribution in [0.1, 0.15) is 33.6 Å². The number of hydrogen-bond donors (Lipinski definition) is 0. The van der Waals surface area contributed by atoms with Gasteiger partial charge in [-0.05, 0) is 18.3 Å². The van der Waals surface area contributed by atoms with Crippen molar-refractivity contribution < 1.29 is 9.53 Å². The summed E-state index contributed by atoms with van der Waals surface area (Å²) in [6.45, 7) is 6.78. The largest absolute Gasteiger partial charge is 0.461 e. The van der Waals surface area contributed by atoms with Crippen LogP contribution in [0.15, 0.2) is 12.2 Å². The van der Waals surface area contributed by atoms with E-state index in [0.717, 1.165) is 12.8 Å².